The molecule has 146 valence electrons. The van der Waals surface area contributed by atoms with Gasteiger partial charge >= 0.3 is 0 Å². The Morgan fingerprint density at radius 2 is 1.71 bits per heavy atom. The zero-order valence-electron chi connectivity index (χ0n) is 14.9. The Labute approximate surface area is 177 Å². The van der Waals surface area contributed by atoms with Gasteiger partial charge in [0.2, 0.25) is 0 Å². The van der Waals surface area contributed by atoms with E-state index in [1.807, 2.05) is 24.3 Å². The van der Waals surface area contributed by atoms with E-state index in [2.05, 4.69) is 5.32 Å². The van der Waals surface area contributed by atoms with Gasteiger partial charge in [-0.1, -0.05) is 53.0 Å². The van der Waals surface area contributed by atoms with Gasteiger partial charge in [-0.15, -0.1) is 0 Å². The van der Waals surface area contributed by atoms with Crippen LogP contribution in [-0.4, -0.2) is 7.11 Å². The molecule has 0 aliphatic heterocycles. The molecule has 0 amide bonds. The Kier molecular flexibility index (Phi) is 6.89. The van der Waals surface area contributed by atoms with Crippen molar-refractivity contribution in [3.63, 3.8) is 0 Å². The topological polar surface area (TPSA) is 30.5 Å². The fraction of sp³-hybridized carbons (Fsp3) is 0.143. The number of hydrogen-bond acceptors (Lipinski definition) is 3. The lowest BCUT2D eigenvalue weighted by Gasteiger charge is -2.15. The zero-order valence-corrected chi connectivity index (χ0v) is 17.2. The Hall–Kier alpha value is -2.14. The summed E-state index contributed by atoms with van der Waals surface area (Å²) in [5, 5.41) is 4.27. The normalized spacial score (nSPS) is 10.6. The van der Waals surface area contributed by atoms with Crippen molar-refractivity contribution in [1.29, 1.82) is 0 Å². The van der Waals surface area contributed by atoms with Crippen LogP contribution in [0.5, 0.6) is 11.5 Å². The van der Waals surface area contributed by atoms with Crippen molar-refractivity contribution >= 4 is 40.5 Å². The highest BCUT2D eigenvalue weighted by molar-refractivity contribution is 6.32. The fourth-order valence-corrected chi connectivity index (χ4v) is 3.25. The van der Waals surface area contributed by atoms with E-state index in [1.165, 1.54) is 12.1 Å². The standard InChI is InChI=1S/C21H17Cl3FNO2/c1-27-20-9-13(11-26-15-6-7-19(25)17(23)10-15)8-18(24)21(20)28-12-14-4-2-3-5-16(14)22/h2-10,26H,11-12H2,1H3. The molecule has 0 bridgehead atoms. The number of halogens is 4. The number of rotatable bonds is 7. The predicted molar refractivity (Wildman–Crippen MR) is 113 cm³/mol. The van der Waals surface area contributed by atoms with Crippen LogP contribution < -0.4 is 14.8 Å². The van der Waals surface area contributed by atoms with Crippen LogP contribution in [0.4, 0.5) is 10.1 Å². The predicted octanol–water partition coefficient (Wildman–Crippen LogP) is 6.99. The third kappa shape index (κ3) is 5.02. The molecular weight excluding hydrogens is 424 g/mol. The Morgan fingerprint density at radius 3 is 2.43 bits per heavy atom. The maximum absolute atomic E-state index is 13.3. The lowest BCUT2D eigenvalue weighted by atomic mass is 10.2. The van der Waals surface area contributed by atoms with Crippen molar-refractivity contribution in [1.82, 2.24) is 0 Å². The molecular formula is C21H17Cl3FNO2. The minimum Gasteiger partial charge on any atom is -0.493 e. The van der Waals surface area contributed by atoms with Gasteiger partial charge in [0, 0.05) is 22.8 Å². The van der Waals surface area contributed by atoms with E-state index in [-0.39, 0.29) is 11.6 Å². The molecule has 28 heavy (non-hydrogen) atoms. The molecule has 0 aliphatic rings. The molecule has 0 saturated heterocycles. The van der Waals surface area contributed by atoms with Crippen LogP contribution in [0, 0.1) is 5.82 Å². The molecule has 7 heteroatoms. The first-order valence-electron chi connectivity index (χ1n) is 8.39. The van der Waals surface area contributed by atoms with Gasteiger partial charge in [0.05, 0.1) is 17.2 Å². The molecule has 0 aromatic heterocycles. The van der Waals surface area contributed by atoms with Crippen LogP contribution in [-0.2, 0) is 13.2 Å². The summed E-state index contributed by atoms with van der Waals surface area (Å²) in [6.07, 6.45) is 0. The number of anilines is 1. The lowest BCUT2D eigenvalue weighted by Crippen LogP contribution is -2.03. The van der Waals surface area contributed by atoms with Crippen molar-refractivity contribution in [3.05, 3.63) is 86.6 Å². The molecule has 0 unspecified atom stereocenters. The molecule has 0 spiro atoms. The third-order valence-corrected chi connectivity index (χ3v) is 4.97. The molecule has 3 aromatic rings. The number of hydrogen-bond donors (Lipinski definition) is 1. The number of nitrogens with one attached hydrogen (secondary N) is 1. The molecule has 3 aromatic carbocycles. The maximum atomic E-state index is 13.3. The zero-order chi connectivity index (χ0) is 20.1. The molecule has 0 heterocycles. The van der Waals surface area contributed by atoms with Crippen LogP contribution in [0.3, 0.4) is 0 Å². The highest BCUT2D eigenvalue weighted by atomic mass is 35.5. The highest BCUT2D eigenvalue weighted by Gasteiger charge is 2.13. The summed E-state index contributed by atoms with van der Waals surface area (Å²) in [6.45, 7) is 0.713. The van der Waals surface area contributed by atoms with Crippen molar-refractivity contribution in [2.75, 3.05) is 12.4 Å². The molecule has 1 N–H and O–H groups in total. The van der Waals surface area contributed by atoms with Gasteiger partial charge in [0.15, 0.2) is 11.5 Å². The average molecular weight is 441 g/mol. The van der Waals surface area contributed by atoms with Gasteiger partial charge in [0.25, 0.3) is 0 Å². The van der Waals surface area contributed by atoms with Crippen molar-refractivity contribution in [2.24, 2.45) is 0 Å². The van der Waals surface area contributed by atoms with Crippen LogP contribution >= 0.6 is 34.8 Å². The second-order valence-electron chi connectivity index (χ2n) is 5.97. The van der Waals surface area contributed by atoms with E-state index in [1.54, 1.807) is 25.3 Å². The first kappa shape index (κ1) is 20.6. The monoisotopic (exact) mass is 439 g/mol. The SMILES string of the molecule is COc1cc(CNc2ccc(F)c(Cl)c2)cc(Cl)c1OCc1ccccc1Cl. The van der Waals surface area contributed by atoms with E-state index < -0.39 is 5.82 Å². The molecule has 3 rings (SSSR count). The van der Waals surface area contributed by atoms with Gasteiger partial charge in [-0.25, -0.2) is 4.39 Å². The minimum atomic E-state index is -0.461. The van der Waals surface area contributed by atoms with E-state index >= 15 is 0 Å². The summed E-state index contributed by atoms with van der Waals surface area (Å²) in [4.78, 5) is 0. The molecule has 0 fully saturated rings. The smallest absolute Gasteiger partial charge is 0.180 e. The van der Waals surface area contributed by atoms with Crippen LogP contribution in [0.2, 0.25) is 15.1 Å². The summed E-state index contributed by atoms with van der Waals surface area (Å²) in [7, 11) is 1.55. The molecule has 0 atom stereocenters. The highest BCUT2D eigenvalue weighted by Crippen LogP contribution is 2.37. The van der Waals surface area contributed by atoms with Crippen molar-refractivity contribution in [2.45, 2.75) is 13.2 Å². The summed E-state index contributed by atoms with van der Waals surface area (Å²) in [6, 6.07) is 15.5. The van der Waals surface area contributed by atoms with Gasteiger partial charge in [-0.05, 0) is 42.0 Å². The van der Waals surface area contributed by atoms with Crippen LogP contribution in [0.15, 0.2) is 54.6 Å². The Morgan fingerprint density at radius 1 is 0.929 bits per heavy atom. The molecule has 0 aliphatic carbocycles. The summed E-state index contributed by atoms with van der Waals surface area (Å²) < 4.78 is 24.5. The number of methoxy groups -OCH3 is 1. The Bertz CT molecular complexity index is 982. The van der Waals surface area contributed by atoms with Gasteiger partial charge < -0.3 is 14.8 Å². The third-order valence-electron chi connectivity index (χ3n) is 4.04. The number of benzene rings is 3. The lowest BCUT2D eigenvalue weighted by molar-refractivity contribution is 0.284. The summed E-state index contributed by atoms with van der Waals surface area (Å²) in [5.41, 5.74) is 2.41. The van der Waals surface area contributed by atoms with Crippen LogP contribution in [0.1, 0.15) is 11.1 Å². The van der Waals surface area contributed by atoms with Gasteiger partial charge in [-0.2, -0.15) is 0 Å². The second-order valence-corrected chi connectivity index (χ2v) is 7.19. The first-order chi connectivity index (χ1) is 13.5. The van der Waals surface area contributed by atoms with E-state index in [4.69, 9.17) is 44.3 Å². The largest absolute Gasteiger partial charge is 0.493 e. The molecule has 3 nitrogen and oxygen atoms in total. The maximum Gasteiger partial charge on any atom is 0.180 e. The van der Waals surface area contributed by atoms with Crippen molar-refractivity contribution in [3.8, 4) is 11.5 Å². The second kappa shape index (κ2) is 9.37. The van der Waals surface area contributed by atoms with Crippen molar-refractivity contribution < 1.29 is 13.9 Å². The summed E-state index contributed by atoms with van der Waals surface area (Å²) >= 11 is 18.4. The van der Waals surface area contributed by atoms with E-state index in [0.717, 1.165) is 11.1 Å². The van der Waals surface area contributed by atoms with E-state index in [9.17, 15) is 4.39 Å². The molecule has 0 saturated carbocycles. The average Bonchev–Trinajstić information content (AvgIpc) is 2.68. The van der Waals surface area contributed by atoms with Crippen LogP contribution in [0.25, 0.3) is 0 Å². The summed E-state index contributed by atoms with van der Waals surface area (Å²) in [5.74, 6) is 0.489. The van der Waals surface area contributed by atoms with E-state index in [0.29, 0.717) is 33.8 Å². The van der Waals surface area contributed by atoms with Gasteiger partial charge in [-0.3, -0.25) is 0 Å². The quantitative estimate of drug-likeness (QED) is 0.429. The number of ether oxygens (including phenoxy) is 2. The molecule has 0 radical (unpaired) electrons. The van der Waals surface area contributed by atoms with Gasteiger partial charge in [0.1, 0.15) is 12.4 Å². The fourth-order valence-electron chi connectivity index (χ4n) is 2.59. The first-order valence-corrected chi connectivity index (χ1v) is 9.53. The minimum absolute atomic E-state index is 0.0592. The Balaban J connectivity index is 1.73.